The lowest BCUT2D eigenvalue weighted by atomic mass is 9.88. The summed E-state index contributed by atoms with van der Waals surface area (Å²) >= 11 is 0. The number of amides is 1. The van der Waals surface area contributed by atoms with Crippen molar-refractivity contribution in [1.82, 2.24) is 4.98 Å². The number of aromatic carboxylic acids is 1. The lowest BCUT2D eigenvalue weighted by Crippen LogP contribution is -2.16. The number of rotatable bonds is 7. The molecule has 1 heterocycles. The van der Waals surface area contributed by atoms with Gasteiger partial charge in [0.15, 0.2) is 0 Å². The second-order valence-corrected chi connectivity index (χ2v) is 7.39. The van der Waals surface area contributed by atoms with Crippen molar-refractivity contribution in [2.75, 3.05) is 11.1 Å². The monoisotopic (exact) mass is 417 g/mol. The van der Waals surface area contributed by atoms with Crippen LogP contribution in [0.25, 0.3) is 0 Å². The van der Waals surface area contributed by atoms with Crippen LogP contribution in [0.3, 0.4) is 0 Å². The van der Waals surface area contributed by atoms with Crippen molar-refractivity contribution in [1.29, 1.82) is 0 Å². The third-order valence-corrected chi connectivity index (χ3v) is 5.02. The number of aryl methyl sites for hydroxylation is 1. The lowest BCUT2D eigenvalue weighted by molar-refractivity contribution is -0.118. The highest BCUT2D eigenvalue weighted by Crippen LogP contribution is 2.26. The molecule has 1 aromatic heterocycles. The molecule has 0 saturated carbocycles. The highest BCUT2D eigenvalue weighted by atomic mass is 16.4. The minimum Gasteiger partial charge on any atom is -0.478 e. The van der Waals surface area contributed by atoms with E-state index in [1.165, 1.54) is 19.2 Å². The van der Waals surface area contributed by atoms with Gasteiger partial charge in [0, 0.05) is 23.4 Å². The summed E-state index contributed by atoms with van der Waals surface area (Å²) in [5, 5.41) is 12.0. The van der Waals surface area contributed by atoms with Crippen molar-refractivity contribution >= 4 is 29.2 Å². The predicted molar refractivity (Wildman–Crippen MR) is 118 cm³/mol. The van der Waals surface area contributed by atoms with Crippen LogP contribution < -0.4 is 11.1 Å². The SMILES string of the molecule is CC(=O)C(Cc1cc(C(=O)O)cnc1N)c1cccc(C(=O)Nc2ccc(C)cc2)c1. The van der Waals surface area contributed by atoms with Crippen LogP contribution in [-0.4, -0.2) is 27.8 Å². The molecule has 7 nitrogen and oxygen atoms in total. The average Bonchev–Trinajstić information content (AvgIpc) is 2.74. The molecular formula is C24H23N3O4. The number of nitrogens with two attached hydrogens (primary N) is 1. The minimum absolute atomic E-state index is 0.00210. The third-order valence-electron chi connectivity index (χ3n) is 5.02. The molecule has 0 aliphatic rings. The lowest BCUT2D eigenvalue weighted by Gasteiger charge is -2.17. The Kier molecular flexibility index (Phi) is 6.45. The van der Waals surface area contributed by atoms with E-state index >= 15 is 0 Å². The van der Waals surface area contributed by atoms with Crippen LogP contribution >= 0.6 is 0 Å². The van der Waals surface area contributed by atoms with Crippen LogP contribution in [0.15, 0.2) is 60.8 Å². The quantitative estimate of drug-likeness (QED) is 0.537. The van der Waals surface area contributed by atoms with E-state index < -0.39 is 11.9 Å². The number of benzene rings is 2. The van der Waals surface area contributed by atoms with E-state index in [0.717, 1.165) is 5.56 Å². The second kappa shape index (κ2) is 9.21. The number of nitrogens with zero attached hydrogens (tertiary/aromatic N) is 1. The first-order valence-corrected chi connectivity index (χ1v) is 9.70. The zero-order valence-electron chi connectivity index (χ0n) is 17.3. The smallest absolute Gasteiger partial charge is 0.337 e. The maximum absolute atomic E-state index is 12.7. The fraction of sp³-hybridized carbons (Fsp3) is 0.167. The number of nitrogen functional groups attached to an aromatic ring is 1. The summed E-state index contributed by atoms with van der Waals surface area (Å²) in [6.45, 7) is 3.42. The number of carbonyl (C=O) groups excluding carboxylic acids is 2. The molecule has 0 bridgehead atoms. The van der Waals surface area contributed by atoms with Crippen LogP contribution in [0.1, 0.15) is 50.2 Å². The Morgan fingerprint density at radius 1 is 1.06 bits per heavy atom. The molecule has 0 radical (unpaired) electrons. The topological polar surface area (TPSA) is 122 Å². The van der Waals surface area contributed by atoms with Crippen molar-refractivity contribution in [3.05, 3.63) is 88.6 Å². The van der Waals surface area contributed by atoms with Gasteiger partial charge in [0.2, 0.25) is 0 Å². The van der Waals surface area contributed by atoms with Crippen LogP contribution in [0, 0.1) is 6.92 Å². The molecule has 2 aromatic carbocycles. The highest BCUT2D eigenvalue weighted by Gasteiger charge is 2.21. The number of hydrogen-bond donors (Lipinski definition) is 3. The van der Waals surface area contributed by atoms with E-state index in [4.69, 9.17) is 5.73 Å². The van der Waals surface area contributed by atoms with Gasteiger partial charge < -0.3 is 16.2 Å². The van der Waals surface area contributed by atoms with E-state index in [0.29, 0.717) is 22.4 Å². The van der Waals surface area contributed by atoms with Crippen LogP contribution in [0.4, 0.5) is 11.5 Å². The number of nitrogens with one attached hydrogen (secondary N) is 1. The number of aromatic nitrogens is 1. The molecule has 0 saturated heterocycles. The molecule has 1 atom stereocenters. The summed E-state index contributed by atoms with van der Waals surface area (Å²) < 4.78 is 0. The maximum Gasteiger partial charge on any atom is 0.337 e. The van der Waals surface area contributed by atoms with Gasteiger partial charge in [0.1, 0.15) is 11.6 Å². The number of ketones is 1. The molecule has 1 unspecified atom stereocenters. The van der Waals surface area contributed by atoms with Gasteiger partial charge in [-0.25, -0.2) is 9.78 Å². The summed E-state index contributed by atoms with van der Waals surface area (Å²) in [6.07, 6.45) is 1.36. The van der Waals surface area contributed by atoms with Crippen molar-refractivity contribution in [3.63, 3.8) is 0 Å². The van der Waals surface area contributed by atoms with E-state index in [1.807, 2.05) is 31.2 Å². The first-order chi connectivity index (χ1) is 14.7. The van der Waals surface area contributed by atoms with Gasteiger partial charge in [-0.2, -0.15) is 0 Å². The van der Waals surface area contributed by atoms with E-state index in [9.17, 15) is 19.5 Å². The van der Waals surface area contributed by atoms with E-state index in [-0.39, 0.29) is 29.5 Å². The molecule has 1 amide bonds. The Morgan fingerprint density at radius 2 is 1.77 bits per heavy atom. The highest BCUT2D eigenvalue weighted by molar-refractivity contribution is 6.04. The van der Waals surface area contributed by atoms with Gasteiger partial charge in [-0.05, 0) is 61.7 Å². The fourth-order valence-corrected chi connectivity index (χ4v) is 3.25. The van der Waals surface area contributed by atoms with Crippen molar-refractivity contribution in [2.24, 2.45) is 0 Å². The molecule has 3 aromatic rings. The summed E-state index contributed by atoms with van der Waals surface area (Å²) in [5.41, 5.74) is 9.19. The first-order valence-electron chi connectivity index (χ1n) is 9.70. The van der Waals surface area contributed by atoms with Crippen molar-refractivity contribution in [2.45, 2.75) is 26.2 Å². The Bertz CT molecular complexity index is 1140. The van der Waals surface area contributed by atoms with Gasteiger partial charge >= 0.3 is 5.97 Å². The normalized spacial score (nSPS) is 11.5. The average molecular weight is 417 g/mol. The number of pyridine rings is 1. The number of anilines is 2. The summed E-state index contributed by atoms with van der Waals surface area (Å²) in [4.78, 5) is 40.3. The van der Waals surface area contributed by atoms with Crippen LogP contribution in [-0.2, 0) is 11.2 Å². The molecule has 3 rings (SSSR count). The largest absolute Gasteiger partial charge is 0.478 e. The predicted octanol–water partition coefficient (Wildman–Crippen LogP) is 3.84. The first kappa shape index (κ1) is 21.7. The maximum atomic E-state index is 12.7. The summed E-state index contributed by atoms with van der Waals surface area (Å²) in [7, 11) is 0. The Balaban J connectivity index is 1.86. The third kappa shape index (κ3) is 5.33. The molecular weight excluding hydrogens is 394 g/mol. The molecule has 0 fully saturated rings. The van der Waals surface area contributed by atoms with Gasteiger partial charge in [0.25, 0.3) is 5.91 Å². The molecule has 4 N–H and O–H groups in total. The molecule has 0 spiro atoms. The molecule has 31 heavy (non-hydrogen) atoms. The summed E-state index contributed by atoms with van der Waals surface area (Å²) in [6, 6.07) is 15.7. The number of carbonyl (C=O) groups is 3. The van der Waals surface area contributed by atoms with Crippen molar-refractivity contribution < 1.29 is 19.5 Å². The van der Waals surface area contributed by atoms with E-state index in [2.05, 4.69) is 10.3 Å². The second-order valence-electron chi connectivity index (χ2n) is 7.39. The Morgan fingerprint density at radius 3 is 2.42 bits per heavy atom. The summed E-state index contributed by atoms with van der Waals surface area (Å²) in [5.74, 6) is -1.97. The van der Waals surface area contributed by atoms with E-state index in [1.54, 1.807) is 24.3 Å². The fourth-order valence-electron chi connectivity index (χ4n) is 3.25. The van der Waals surface area contributed by atoms with Crippen LogP contribution in [0.5, 0.6) is 0 Å². The van der Waals surface area contributed by atoms with Gasteiger partial charge in [0.05, 0.1) is 5.56 Å². The number of carboxylic acids is 1. The minimum atomic E-state index is -1.12. The van der Waals surface area contributed by atoms with Gasteiger partial charge in [-0.3, -0.25) is 9.59 Å². The molecule has 0 aliphatic carbocycles. The number of hydrogen-bond acceptors (Lipinski definition) is 5. The number of carboxylic acid groups (broad SMARTS) is 1. The molecule has 0 aliphatic heterocycles. The standard InChI is InChI=1S/C24H23N3O4/c1-14-6-8-20(9-7-14)27-23(29)17-5-3-4-16(10-17)21(15(2)28)12-18-11-19(24(30)31)13-26-22(18)25/h3-11,13,21H,12H2,1-2H3,(H2,25,26)(H,27,29)(H,30,31). The van der Waals surface area contributed by atoms with Gasteiger partial charge in [-0.15, -0.1) is 0 Å². The zero-order valence-corrected chi connectivity index (χ0v) is 17.3. The molecule has 7 heteroatoms. The zero-order chi connectivity index (χ0) is 22.5. The van der Waals surface area contributed by atoms with Gasteiger partial charge in [-0.1, -0.05) is 29.8 Å². The Hall–Kier alpha value is -4.00. The van der Waals surface area contributed by atoms with Crippen LogP contribution in [0.2, 0.25) is 0 Å². The van der Waals surface area contributed by atoms with Crippen molar-refractivity contribution in [3.8, 4) is 0 Å². The Labute approximate surface area is 179 Å². The molecule has 158 valence electrons. The number of Topliss-reactive ketones (excluding diaryl/α,β-unsaturated/α-hetero) is 1.